The van der Waals surface area contributed by atoms with Gasteiger partial charge in [0.1, 0.15) is 12.3 Å². The number of halogens is 1. The van der Waals surface area contributed by atoms with Gasteiger partial charge in [0.25, 0.3) is 0 Å². The molecular weight excluding hydrogens is 370 g/mol. The van der Waals surface area contributed by atoms with Crippen molar-refractivity contribution in [2.75, 3.05) is 13.2 Å². The number of ether oxygens (including phenoxy) is 1. The molecule has 146 valence electrons. The lowest BCUT2D eigenvalue weighted by Gasteiger charge is -2.20. The second-order valence-electron chi connectivity index (χ2n) is 7.80. The highest BCUT2D eigenvalue weighted by atomic mass is 35.5. The van der Waals surface area contributed by atoms with E-state index in [9.17, 15) is 0 Å². The van der Waals surface area contributed by atoms with Gasteiger partial charge in [-0.1, -0.05) is 53.6 Å². The first kappa shape index (κ1) is 20.3. The number of rotatable bonds is 6. The van der Waals surface area contributed by atoms with E-state index >= 15 is 0 Å². The number of hydrogen-bond acceptors (Lipinski definition) is 4. The van der Waals surface area contributed by atoms with Crippen molar-refractivity contribution in [3.8, 4) is 28.4 Å². The van der Waals surface area contributed by atoms with E-state index in [-0.39, 0.29) is 5.54 Å². The first-order valence-corrected chi connectivity index (χ1v) is 9.77. The molecule has 0 aliphatic rings. The maximum Gasteiger partial charge on any atom is 0.232 e. The summed E-state index contributed by atoms with van der Waals surface area (Å²) < 4.78 is 5.84. The Balaban J connectivity index is 1.89. The van der Waals surface area contributed by atoms with Gasteiger partial charge in [0.05, 0.1) is 11.9 Å². The summed E-state index contributed by atoms with van der Waals surface area (Å²) in [4.78, 5) is 9.41. The van der Waals surface area contributed by atoms with E-state index in [1.165, 1.54) is 5.56 Å². The molecular formula is C23H26ClN3O. The average Bonchev–Trinajstić information content (AvgIpc) is 2.66. The van der Waals surface area contributed by atoms with Crippen LogP contribution < -0.4 is 10.1 Å². The van der Waals surface area contributed by atoms with Crippen LogP contribution in [-0.2, 0) is 0 Å². The molecule has 0 unspecified atom stereocenters. The van der Waals surface area contributed by atoms with Crippen LogP contribution in [0.5, 0.6) is 5.88 Å². The van der Waals surface area contributed by atoms with Gasteiger partial charge in [0.15, 0.2) is 0 Å². The van der Waals surface area contributed by atoms with E-state index in [4.69, 9.17) is 21.3 Å². The summed E-state index contributed by atoms with van der Waals surface area (Å²) in [6.07, 6.45) is 1.69. The summed E-state index contributed by atoms with van der Waals surface area (Å²) in [7, 11) is 0. The monoisotopic (exact) mass is 395 g/mol. The fourth-order valence-corrected chi connectivity index (χ4v) is 2.88. The molecule has 0 radical (unpaired) electrons. The SMILES string of the molecule is Cc1ccc(-c2ncc(OCCNC(C)(C)C)nc2-c2ccc(Cl)cc2)cc1. The Labute approximate surface area is 172 Å². The van der Waals surface area contributed by atoms with E-state index in [0.29, 0.717) is 17.5 Å². The topological polar surface area (TPSA) is 47.0 Å². The van der Waals surface area contributed by atoms with Crippen LogP contribution in [0.2, 0.25) is 5.02 Å². The molecule has 1 aromatic heterocycles. The van der Waals surface area contributed by atoms with E-state index < -0.39 is 0 Å². The summed E-state index contributed by atoms with van der Waals surface area (Å²) in [5, 5.41) is 4.09. The first-order valence-electron chi connectivity index (χ1n) is 9.40. The molecule has 3 aromatic rings. The highest BCUT2D eigenvalue weighted by molar-refractivity contribution is 6.30. The third kappa shape index (κ3) is 5.54. The molecule has 0 bridgehead atoms. The minimum atomic E-state index is 0.0544. The van der Waals surface area contributed by atoms with Gasteiger partial charge < -0.3 is 10.1 Å². The van der Waals surface area contributed by atoms with Crippen molar-refractivity contribution in [3.05, 3.63) is 65.3 Å². The van der Waals surface area contributed by atoms with Crippen LogP contribution in [0.3, 0.4) is 0 Å². The molecule has 0 saturated heterocycles. The van der Waals surface area contributed by atoms with Crippen LogP contribution in [0.4, 0.5) is 0 Å². The quantitative estimate of drug-likeness (QED) is 0.556. The number of hydrogen-bond donors (Lipinski definition) is 1. The Morgan fingerprint density at radius 2 is 1.54 bits per heavy atom. The largest absolute Gasteiger partial charge is 0.475 e. The van der Waals surface area contributed by atoms with Crippen molar-refractivity contribution in [2.45, 2.75) is 33.2 Å². The normalized spacial score (nSPS) is 11.5. The van der Waals surface area contributed by atoms with Gasteiger partial charge in [0, 0.05) is 28.2 Å². The van der Waals surface area contributed by atoms with E-state index in [1.807, 2.05) is 24.3 Å². The number of aryl methyl sites for hydroxylation is 1. The lowest BCUT2D eigenvalue weighted by Crippen LogP contribution is -2.38. The second-order valence-corrected chi connectivity index (χ2v) is 8.24. The summed E-state index contributed by atoms with van der Waals surface area (Å²) in [5.41, 5.74) is 4.83. The predicted octanol–water partition coefficient (Wildman–Crippen LogP) is 5.54. The molecule has 0 aliphatic heterocycles. The summed E-state index contributed by atoms with van der Waals surface area (Å²) >= 11 is 6.06. The molecule has 5 heteroatoms. The van der Waals surface area contributed by atoms with Crippen molar-refractivity contribution in [1.82, 2.24) is 15.3 Å². The summed E-state index contributed by atoms with van der Waals surface area (Å²) in [5.74, 6) is 0.511. The third-order valence-electron chi connectivity index (χ3n) is 4.20. The van der Waals surface area contributed by atoms with Gasteiger partial charge in [-0.15, -0.1) is 0 Å². The van der Waals surface area contributed by atoms with Gasteiger partial charge in [-0.3, -0.25) is 0 Å². The van der Waals surface area contributed by atoms with Crippen LogP contribution in [0.25, 0.3) is 22.5 Å². The molecule has 0 aliphatic carbocycles. The van der Waals surface area contributed by atoms with Crippen LogP contribution in [-0.4, -0.2) is 28.7 Å². The van der Waals surface area contributed by atoms with E-state index in [0.717, 1.165) is 29.1 Å². The first-order chi connectivity index (χ1) is 13.3. The van der Waals surface area contributed by atoms with Gasteiger partial charge in [0.2, 0.25) is 5.88 Å². The molecule has 0 fully saturated rings. The Hall–Kier alpha value is -2.43. The second kappa shape index (κ2) is 8.72. The molecule has 28 heavy (non-hydrogen) atoms. The fourth-order valence-electron chi connectivity index (χ4n) is 2.76. The van der Waals surface area contributed by atoms with Crippen LogP contribution in [0.1, 0.15) is 26.3 Å². The molecule has 1 N–H and O–H groups in total. The summed E-state index contributed by atoms with van der Waals surface area (Å²) in [6.45, 7) is 9.71. The Kier molecular flexibility index (Phi) is 6.32. The smallest absolute Gasteiger partial charge is 0.232 e. The summed E-state index contributed by atoms with van der Waals surface area (Å²) in [6, 6.07) is 15.9. The van der Waals surface area contributed by atoms with Gasteiger partial charge >= 0.3 is 0 Å². The van der Waals surface area contributed by atoms with Crippen molar-refractivity contribution < 1.29 is 4.74 Å². The van der Waals surface area contributed by atoms with Crippen molar-refractivity contribution in [3.63, 3.8) is 0 Å². The fraction of sp³-hybridized carbons (Fsp3) is 0.304. The molecule has 2 aromatic carbocycles. The number of aromatic nitrogens is 2. The highest BCUT2D eigenvalue weighted by Gasteiger charge is 2.14. The molecule has 0 amide bonds. The molecule has 1 heterocycles. The molecule has 0 atom stereocenters. The van der Waals surface area contributed by atoms with Crippen LogP contribution in [0, 0.1) is 6.92 Å². The lowest BCUT2D eigenvalue weighted by molar-refractivity contribution is 0.281. The minimum absolute atomic E-state index is 0.0544. The molecule has 0 spiro atoms. The van der Waals surface area contributed by atoms with E-state index in [2.05, 4.69) is 62.3 Å². The Bertz CT molecular complexity index is 916. The van der Waals surface area contributed by atoms with Crippen molar-refractivity contribution in [2.24, 2.45) is 0 Å². The predicted molar refractivity (Wildman–Crippen MR) is 116 cm³/mol. The van der Waals surface area contributed by atoms with Crippen molar-refractivity contribution >= 4 is 11.6 Å². The zero-order chi connectivity index (χ0) is 20.1. The number of benzene rings is 2. The van der Waals surface area contributed by atoms with Gasteiger partial charge in [-0.25, -0.2) is 9.97 Å². The lowest BCUT2D eigenvalue weighted by atomic mass is 10.0. The van der Waals surface area contributed by atoms with Crippen LogP contribution >= 0.6 is 11.6 Å². The van der Waals surface area contributed by atoms with Crippen LogP contribution in [0.15, 0.2) is 54.7 Å². The van der Waals surface area contributed by atoms with Gasteiger partial charge in [-0.05, 0) is 39.8 Å². The Morgan fingerprint density at radius 1 is 0.929 bits per heavy atom. The highest BCUT2D eigenvalue weighted by Crippen LogP contribution is 2.31. The van der Waals surface area contributed by atoms with Crippen molar-refractivity contribution in [1.29, 1.82) is 0 Å². The maximum atomic E-state index is 6.06. The third-order valence-corrected chi connectivity index (χ3v) is 4.45. The maximum absolute atomic E-state index is 6.06. The zero-order valence-corrected chi connectivity index (χ0v) is 17.5. The van der Waals surface area contributed by atoms with E-state index in [1.54, 1.807) is 6.20 Å². The minimum Gasteiger partial charge on any atom is -0.475 e. The molecule has 3 rings (SSSR count). The number of nitrogens with one attached hydrogen (secondary N) is 1. The Morgan fingerprint density at radius 3 is 2.18 bits per heavy atom. The molecule has 0 saturated carbocycles. The average molecular weight is 396 g/mol. The molecule has 4 nitrogen and oxygen atoms in total. The zero-order valence-electron chi connectivity index (χ0n) is 16.8. The number of nitrogens with zero attached hydrogens (tertiary/aromatic N) is 2. The standard InChI is InChI=1S/C23H26ClN3O/c1-16-5-7-17(8-6-16)21-22(18-9-11-19(24)12-10-18)27-20(15-25-21)28-14-13-26-23(2,3)4/h5-12,15,26H,13-14H2,1-4H3. The van der Waals surface area contributed by atoms with Gasteiger partial charge in [-0.2, -0.15) is 0 Å².